The maximum absolute atomic E-state index is 13.4. The second-order valence-corrected chi connectivity index (χ2v) is 7.35. The van der Waals surface area contributed by atoms with Crippen molar-refractivity contribution < 1.29 is 24.3 Å². The van der Waals surface area contributed by atoms with Crippen LogP contribution in [0.4, 0.5) is 11.4 Å². The van der Waals surface area contributed by atoms with Crippen LogP contribution in [0.1, 0.15) is 18.5 Å². The average Bonchev–Trinajstić information content (AvgIpc) is 3.23. The van der Waals surface area contributed by atoms with Gasteiger partial charge in [0.1, 0.15) is 11.7 Å². The number of anilines is 2. The summed E-state index contributed by atoms with van der Waals surface area (Å²) in [5, 5.41) is 14.2. The van der Waals surface area contributed by atoms with Crippen LogP contribution in [0.2, 0.25) is 0 Å². The summed E-state index contributed by atoms with van der Waals surface area (Å²) in [6, 6.07) is 24.8. The van der Waals surface area contributed by atoms with E-state index in [-0.39, 0.29) is 0 Å². The van der Waals surface area contributed by atoms with E-state index in [1.807, 2.05) is 67.6 Å². The first-order valence-corrected chi connectivity index (χ1v) is 10.4. The van der Waals surface area contributed by atoms with Gasteiger partial charge < -0.3 is 15.2 Å². The lowest BCUT2D eigenvalue weighted by Crippen LogP contribution is -2.37. The molecular weight excluding hydrogens is 408 g/mol. The summed E-state index contributed by atoms with van der Waals surface area (Å²) in [5.41, 5.74) is 2.00. The topological polar surface area (TPSA) is 88.1 Å². The Labute approximate surface area is 186 Å². The van der Waals surface area contributed by atoms with Crippen molar-refractivity contribution in [2.24, 2.45) is 5.92 Å². The van der Waals surface area contributed by atoms with Crippen LogP contribution in [0.3, 0.4) is 0 Å². The number of rotatable bonds is 7. The van der Waals surface area contributed by atoms with E-state index in [1.54, 1.807) is 24.3 Å². The quantitative estimate of drug-likeness (QED) is 0.579. The van der Waals surface area contributed by atoms with E-state index in [1.165, 1.54) is 5.06 Å². The molecule has 0 aromatic heterocycles. The molecule has 164 valence electrons. The molecule has 2 N–H and O–H groups in total. The molecule has 7 nitrogen and oxygen atoms in total. The highest BCUT2D eigenvalue weighted by Crippen LogP contribution is 2.43. The van der Waals surface area contributed by atoms with Crippen molar-refractivity contribution >= 4 is 23.3 Å². The van der Waals surface area contributed by atoms with Crippen molar-refractivity contribution in [2.75, 3.05) is 17.0 Å². The van der Waals surface area contributed by atoms with Crippen molar-refractivity contribution in [3.63, 3.8) is 0 Å². The lowest BCUT2D eigenvalue weighted by Gasteiger charge is -2.27. The maximum atomic E-state index is 13.4. The molecule has 0 aliphatic carbocycles. The summed E-state index contributed by atoms with van der Waals surface area (Å²) in [6.07, 6.45) is -1.34. The third kappa shape index (κ3) is 4.43. The molecule has 7 heteroatoms. The van der Waals surface area contributed by atoms with Gasteiger partial charge in [-0.3, -0.25) is 9.63 Å². The van der Waals surface area contributed by atoms with E-state index in [0.29, 0.717) is 23.7 Å². The van der Waals surface area contributed by atoms with Crippen LogP contribution < -0.4 is 15.1 Å². The number of amides is 1. The molecule has 0 bridgehead atoms. The molecule has 3 aromatic carbocycles. The summed E-state index contributed by atoms with van der Waals surface area (Å²) in [5.74, 6) is -1.93. The first-order chi connectivity index (χ1) is 15.6. The van der Waals surface area contributed by atoms with Gasteiger partial charge in [-0.1, -0.05) is 48.5 Å². The molecule has 1 saturated heterocycles. The van der Waals surface area contributed by atoms with Gasteiger partial charge in [-0.2, -0.15) is 0 Å². The van der Waals surface area contributed by atoms with Crippen LogP contribution in [0.25, 0.3) is 0 Å². The Bertz CT molecular complexity index is 1060. The number of ether oxygens (including phenoxy) is 1. The van der Waals surface area contributed by atoms with Crippen molar-refractivity contribution in [1.82, 2.24) is 0 Å². The van der Waals surface area contributed by atoms with Gasteiger partial charge in [0.05, 0.1) is 18.3 Å². The SMILES string of the molecule is CCOc1ccc(NC(=O)[C@H]2[C@@H](C(=O)O)ON(c3ccccc3)[C@@H]2c2ccccc2)cc1. The summed E-state index contributed by atoms with van der Waals surface area (Å²) in [4.78, 5) is 31.3. The zero-order valence-electron chi connectivity index (χ0n) is 17.5. The second kappa shape index (κ2) is 9.53. The number of hydroxylamine groups is 1. The zero-order chi connectivity index (χ0) is 22.5. The summed E-state index contributed by atoms with van der Waals surface area (Å²) < 4.78 is 5.43. The Morgan fingerprint density at radius 3 is 2.19 bits per heavy atom. The number of carbonyl (C=O) groups is 2. The summed E-state index contributed by atoms with van der Waals surface area (Å²) >= 11 is 0. The van der Waals surface area contributed by atoms with Crippen LogP contribution in [0, 0.1) is 5.92 Å². The van der Waals surface area contributed by atoms with Crippen molar-refractivity contribution in [3.05, 3.63) is 90.5 Å². The number of benzene rings is 3. The predicted molar refractivity (Wildman–Crippen MR) is 120 cm³/mol. The normalized spacial score (nSPS) is 20.0. The number of nitrogens with one attached hydrogen (secondary N) is 1. The van der Waals surface area contributed by atoms with Gasteiger partial charge in [-0.15, -0.1) is 0 Å². The monoisotopic (exact) mass is 432 g/mol. The molecule has 4 rings (SSSR count). The van der Waals surface area contributed by atoms with Gasteiger partial charge >= 0.3 is 5.97 Å². The van der Waals surface area contributed by atoms with Crippen molar-refractivity contribution in [2.45, 2.75) is 19.1 Å². The number of aliphatic carboxylic acids is 1. The molecule has 0 saturated carbocycles. The highest BCUT2D eigenvalue weighted by Gasteiger charge is 2.52. The Morgan fingerprint density at radius 1 is 0.969 bits per heavy atom. The second-order valence-electron chi connectivity index (χ2n) is 7.35. The molecule has 1 heterocycles. The van der Waals surface area contributed by atoms with Gasteiger partial charge in [-0.05, 0) is 48.9 Å². The number of carboxylic acids is 1. The molecule has 1 fully saturated rings. The van der Waals surface area contributed by atoms with Gasteiger partial charge in [-0.25, -0.2) is 9.86 Å². The minimum Gasteiger partial charge on any atom is -0.494 e. The first-order valence-electron chi connectivity index (χ1n) is 10.4. The molecule has 1 amide bonds. The lowest BCUT2D eigenvalue weighted by molar-refractivity contribution is -0.151. The fourth-order valence-corrected chi connectivity index (χ4v) is 3.86. The molecule has 1 aliphatic heterocycles. The van der Waals surface area contributed by atoms with E-state index < -0.39 is 29.9 Å². The Kier molecular flexibility index (Phi) is 6.37. The number of carboxylic acid groups (broad SMARTS) is 1. The minimum atomic E-state index is -1.34. The fourth-order valence-electron chi connectivity index (χ4n) is 3.86. The highest BCUT2D eigenvalue weighted by molar-refractivity contribution is 5.97. The van der Waals surface area contributed by atoms with E-state index in [2.05, 4.69) is 5.32 Å². The van der Waals surface area contributed by atoms with Gasteiger partial charge in [0.2, 0.25) is 5.91 Å². The third-order valence-corrected chi connectivity index (χ3v) is 5.28. The summed E-state index contributed by atoms with van der Waals surface area (Å²) in [7, 11) is 0. The molecule has 1 aliphatic rings. The minimum absolute atomic E-state index is 0.436. The predicted octanol–water partition coefficient (Wildman–Crippen LogP) is 4.29. The van der Waals surface area contributed by atoms with Crippen molar-refractivity contribution in [3.8, 4) is 5.75 Å². The Hall–Kier alpha value is -3.84. The number of para-hydroxylation sites is 1. The van der Waals surface area contributed by atoms with Crippen LogP contribution in [0.15, 0.2) is 84.9 Å². The molecule has 32 heavy (non-hydrogen) atoms. The Morgan fingerprint density at radius 2 is 1.59 bits per heavy atom. The number of carbonyl (C=O) groups excluding carboxylic acids is 1. The standard InChI is InChI=1S/C25H24N2O5/c1-2-31-20-15-13-18(14-16-20)26-24(28)21-22(17-9-5-3-6-10-17)27(32-23(21)25(29)30)19-11-7-4-8-12-19/h3-16,21-23H,2H2,1H3,(H,26,28)(H,29,30)/t21-,22-,23+/m1/s1. The molecule has 3 atom stereocenters. The van der Waals surface area contributed by atoms with Crippen LogP contribution in [-0.4, -0.2) is 29.7 Å². The number of hydrogen-bond donors (Lipinski definition) is 2. The average molecular weight is 432 g/mol. The van der Waals surface area contributed by atoms with E-state index in [9.17, 15) is 14.7 Å². The van der Waals surface area contributed by atoms with Crippen LogP contribution >= 0.6 is 0 Å². The third-order valence-electron chi connectivity index (χ3n) is 5.28. The first kappa shape index (κ1) is 21.4. The molecule has 0 spiro atoms. The molecule has 0 radical (unpaired) electrons. The molecule has 0 unspecified atom stereocenters. The van der Waals surface area contributed by atoms with Gasteiger partial charge in [0.15, 0.2) is 6.10 Å². The lowest BCUT2D eigenvalue weighted by atomic mass is 9.88. The fraction of sp³-hybridized carbons (Fsp3) is 0.200. The molecule has 3 aromatic rings. The van der Waals surface area contributed by atoms with Gasteiger partial charge in [0.25, 0.3) is 0 Å². The van der Waals surface area contributed by atoms with E-state index >= 15 is 0 Å². The largest absolute Gasteiger partial charge is 0.494 e. The van der Waals surface area contributed by atoms with Crippen LogP contribution in [0.5, 0.6) is 5.75 Å². The highest BCUT2D eigenvalue weighted by atomic mass is 16.7. The smallest absolute Gasteiger partial charge is 0.336 e. The Balaban J connectivity index is 1.69. The van der Waals surface area contributed by atoms with Gasteiger partial charge in [0, 0.05) is 5.69 Å². The summed E-state index contributed by atoms with van der Waals surface area (Å²) in [6.45, 7) is 2.43. The zero-order valence-corrected chi connectivity index (χ0v) is 17.5. The van der Waals surface area contributed by atoms with Crippen molar-refractivity contribution in [1.29, 1.82) is 0 Å². The molecular formula is C25H24N2O5. The number of hydrogen-bond acceptors (Lipinski definition) is 5. The van der Waals surface area contributed by atoms with E-state index in [4.69, 9.17) is 9.57 Å². The van der Waals surface area contributed by atoms with Crippen LogP contribution in [-0.2, 0) is 14.4 Å². The van der Waals surface area contributed by atoms with E-state index in [0.717, 1.165) is 5.56 Å². The number of nitrogens with zero attached hydrogens (tertiary/aromatic N) is 1. The maximum Gasteiger partial charge on any atom is 0.336 e.